The average molecular weight is 732 g/mol. The van der Waals surface area contributed by atoms with Gasteiger partial charge in [0, 0.05) is 70.0 Å². The van der Waals surface area contributed by atoms with Crippen LogP contribution in [0.25, 0.3) is 0 Å². The van der Waals surface area contributed by atoms with Crippen molar-refractivity contribution in [2.75, 3.05) is 76.5 Å². The number of piperidine rings is 2. The van der Waals surface area contributed by atoms with Crippen molar-refractivity contribution in [2.24, 2.45) is 5.92 Å². The van der Waals surface area contributed by atoms with E-state index in [1.807, 2.05) is 29.2 Å². The Labute approximate surface area is 303 Å². The third-order valence-electron chi connectivity index (χ3n) is 11.3. The van der Waals surface area contributed by atoms with Crippen LogP contribution in [-0.2, 0) is 28.6 Å². The van der Waals surface area contributed by atoms with E-state index in [4.69, 9.17) is 17.3 Å². The Morgan fingerprint density at radius 3 is 2.25 bits per heavy atom. The van der Waals surface area contributed by atoms with Crippen molar-refractivity contribution in [3.05, 3.63) is 58.1 Å². The minimum atomic E-state index is -4.72. The smallest absolute Gasteiger partial charge is 0.397 e. The summed E-state index contributed by atoms with van der Waals surface area (Å²) in [6, 6.07) is 10.4. The van der Waals surface area contributed by atoms with Crippen molar-refractivity contribution in [2.45, 2.75) is 70.1 Å². The number of hydrogen-bond acceptors (Lipinski definition) is 6. The highest BCUT2D eigenvalue weighted by atomic mass is 35.5. The Morgan fingerprint density at radius 1 is 0.922 bits per heavy atom. The first-order valence-corrected chi connectivity index (χ1v) is 18.6. The number of fused-ring (bicyclic) bond motifs is 1. The maximum Gasteiger partial charge on any atom is 0.418 e. The lowest BCUT2D eigenvalue weighted by molar-refractivity contribution is -0.143. The molecule has 2 aromatic rings. The Hall–Kier alpha value is -3.55. The Morgan fingerprint density at radius 2 is 1.59 bits per heavy atom. The van der Waals surface area contributed by atoms with Gasteiger partial charge in [-0.05, 0) is 87.5 Å². The van der Waals surface area contributed by atoms with E-state index in [1.54, 1.807) is 9.80 Å². The Balaban J connectivity index is 1.11. The molecule has 0 aromatic heterocycles. The molecule has 1 atom stereocenters. The Bertz CT molecular complexity index is 1570. The molecule has 0 aliphatic carbocycles. The molecule has 3 saturated heterocycles. The van der Waals surface area contributed by atoms with Gasteiger partial charge in [0.05, 0.1) is 22.2 Å². The lowest BCUT2D eigenvalue weighted by atomic mass is 9.91. The van der Waals surface area contributed by atoms with Crippen molar-refractivity contribution >= 4 is 40.8 Å². The number of hydrogen-bond donors (Lipinski definition) is 2. The number of urea groups is 1. The first kappa shape index (κ1) is 37.2. The molecule has 6 rings (SSSR count). The molecule has 51 heavy (non-hydrogen) atoms. The molecule has 0 spiro atoms. The van der Waals surface area contributed by atoms with Crippen LogP contribution in [0.4, 0.5) is 29.3 Å². The summed E-state index contributed by atoms with van der Waals surface area (Å²) in [7, 11) is 0. The highest BCUT2D eigenvalue weighted by molar-refractivity contribution is 6.33. The van der Waals surface area contributed by atoms with E-state index in [9.17, 15) is 27.6 Å². The van der Waals surface area contributed by atoms with Crippen LogP contribution in [-0.4, -0.2) is 120 Å². The maximum atomic E-state index is 14.1. The van der Waals surface area contributed by atoms with Crippen molar-refractivity contribution in [3.63, 3.8) is 0 Å². The zero-order valence-corrected chi connectivity index (χ0v) is 30.0. The quantitative estimate of drug-likeness (QED) is 0.362. The van der Waals surface area contributed by atoms with Crippen LogP contribution < -0.4 is 11.1 Å². The van der Waals surface area contributed by atoms with Gasteiger partial charge in [0.25, 0.3) is 0 Å². The molecular formula is C37H49ClF3N7O3. The second kappa shape index (κ2) is 16.0. The number of para-hydroxylation sites is 1. The number of carbonyl (C=O) groups excluding carboxylic acids is 3. The number of nitrogens with two attached hydrogens (primary N) is 1. The lowest BCUT2D eigenvalue weighted by Crippen LogP contribution is -2.55. The van der Waals surface area contributed by atoms with E-state index < -0.39 is 23.3 Å². The van der Waals surface area contributed by atoms with Crippen LogP contribution in [0.1, 0.15) is 55.7 Å². The maximum absolute atomic E-state index is 14.1. The standard InChI is InChI=1S/C37H49ClF3N7O3/c1-2-44-12-8-28(9-13-44)45-17-19-47(20-18-45)35(50)27(21-25-22-30(37(39,40)41)34(42)31(38)23-25)24-33(49)46-14-10-29(11-15-46)48-16-7-26-5-3-4-6-32(26)43-36(48)51/h3-6,22-23,27-29H,2,7-21,24,42H2,1H3,(H,43,51). The molecule has 4 aliphatic heterocycles. The molecule has 14 heteroatoms. The second-order valence-electron chi connectivity index (χ2n) is 14.3. The zero-order valence-electron chi connectivity index (χ0n) is 29.3. The topological polar surface area (TPSA) is 105 Å². The van der Waals surface area contributed by atoms with Gasteiger partial charge in [0.2, 0.25) is 11.8 Å². The van der Waals surface area contributed by atoms with Gasteiger partial charge in [-0.15, -0.1) is 0 Å². The van der Waals surface area contributed by atoms with Crippen molar-refractivity contribution in [1.82, 2.24) is 24.5 Å². The summed E-state index contributed by atoms with van der Waals surface area (Å²) in [5, 5.41) is 2.78. The van der Waals surface area contributed by atoms with Crippen molar-refractivity contribution in [1.29, 1.82) is 0 Å². The highest BCUT2D eigenvalue weighted by Gasteiger charge is 2.38. The second-order valence-corrected chi connectivity index (χ2v) is 14.7. The van der Waals surface area contributed by atoms with Crippen LogP contribution >= 0.6 is 11.6 Å². The summed E-state index contributed by atoms with van der Waals surface area (Å²) in [6.45, 7) is 9.19. The number of rotatable bonds is 8. The number of nitrogen functional groups attached to an aromatic ring is 1. The van der Waals surface area contributed by atoms with E-state index in [0.29, 0.717) is 51.6 Å². The number of carbonyl (C=O) groups is 3. The fraction of sp³-hybridized carbons (Fsp3) is 0.595. The third kappa shape index (κ3) is 8.74. The average Bonchev–Trinajstić information content (AvgIpc) is 3.30. The molecule has 3 N–H and O–H groups in total. The highest BCUT2D eigenvalue weighted by Crippen LogP contribution is 2.38. The normalized spacial score (nSPS) is 20.9. The molecule has 0 bridgehead atoms. The fourth-order valence-corrected chi connectivity index (χ4v) is 8.47. The molecule has 1 unspecified atom stereocenters. The number of alkyl halides is 3. The van der Waals surface area contributed by atoms with Gasteiger partial charge in [0.15, 0.2) is 0 Å². The lowest BCUT2D eigenvalue weighted by Gasteiger charge is -2.43. The van der Waals surface area contributed by atoms with E-state index in [0.717, 1.165) is 69.3 Å². The van der Waals surface area contributed by atoms with E-state index in [1.165, 1.54) is 6.07 Å². The van der Waals surface area contributed by atoms with Gasteiger partial charge in [-0.25, -0.2) is 4.79 Å². The van der Waals surface area contributed by atoms with Crippen LogP contribution in [0.3, 0.4) is 0 Å². The molecule has 10 nitrogen and oxygen atoms in total. The minimum absolute atomic E-state index is 0.0380. The minimum Gasteiger partial charge on any atom is -0.397 e. The van der Waals surface area contributed by atoms with E-state index in [-0.39, 0.29) is 47.3 Å². The zero-order chi connectivity index (χ0) is 36.3. The summed E-state index contributed by atoms with van der Waals surface area (Å²) in [4.78, 5) is 51.3. The summed E-state index contributed by atoms with van der Waals surface area (Å²) in [6.07, 6.45) is -0.840. The third-order valence-corrected chi connectivity index (χ3v) is 11.6. The van der Waals surface area contributed by atoms with E-state index in [2.05, 4.69) is 22.0 Å². The first-order chi connectivity index (χ1) is 24.4. The van der Waals surface area contributed by atoms with Gasteiger partial charge in [-0.2, -0.15) is 13.2 Å². The van der Waals surface area contributed by atoms with Crippen LogP contribution in [0.15, 0.2) is 36.4 Å². The summed E-state index contributed by atoms with van der Waals surface area (Å²) < 4.78 is 41.6. The molecule has 4 heterocycles. The number of halogens is 4. The predicted octanol–water partition coefficient (Wildman–Crippen LogP) is 5.20. The number of amides is 4. The molecule has 0 saturated carbocycles. The molecule has 4 amide bonds. The Kier molecular flexibility index (Phi) is 11.7. The van der Waals surface area contributed by atoms with Gasteiger partial charge in [-0.1, -0.05) is 36.7 Å². The first-order valence-electron chi connectivity index (χ1n) is 18.2. The largest absolute Gasteiger partial charge is 0.418 e. The monoisotopic (exact) mass is 731 g/mol. The van der Waals surface area contributed by atoms with E-state index >= 15 is 0 Å². The molecular weight excluding hydrogens is 683 g/mol. The number of likely N-dealkylation sites (tertiary alicyclic amines) is 2. The summed E-state index contributed by atoms with van der Waals surface area (Å²) in [5.41, 5.74) is 6.20. The summed E-state index contributed by atoms with van der Waals surface area (Å²) >= 11 is 6.16. The molecule has 2 aromatic carbocycles. The fourth-order valence-electron chi connectivity index (χ4n) is 8.23. The molecule has 3 fully saturated rings. The number of anilines is 2. The SMILES string of the molecule is CCN1CCC(N2CCN(C(=O)C(CC(=O)N3CCC(N4CCc5ccccc5NC4=O)CC3)Cc3cc(Cl)c(N)c(C(F)(F)F)c3)CC2)CC1. The number of piperazine rings is 1. The van der Waals surface area contributed by atoms with Gasteiger partial charge in [0.1, 0.15) is 0 Å². The molecule has 4 aliphatic rings. The van der Waals surface area contributed by atoms with Crippen LogP contribution in [0, 0.1) is 5.92 Å². The number of nitrogens with one attached hydrogen (secondary N) is 1. The van der Waals surface area contributed by atoms with Crippen LogP contribution in [0.2, 0.25) is 5.02 Å². The number of nitrogens with zero attached hydrogens (tertiary/aromatic N) is 5. The molecule has 278 valence electrons. The van der Waals surface area contributed by atoms with Gasteiger partial charge < -0.3 is 30.7 Å². The van der Waals surface area contributed by atoms with Crippen molar-refractivity contribution in [3.8, 4) is 0 Å². The summed E-state index contributed by atoms with van der Waals surface area (Å²) in [5.74, 6) is -1.33. The van der Waals surface area contributed by atoms with Crippen LogP contribution in [0.5, 0.6) is 0 Å². The molecule has 0 radical (unpaired) electrons. The van der Waals surface area contributed by atoms with Crippen molar-refractivity contribution < 1.29 is 27.6 Å². The number of benzene rings is 2. The predicted molar refractivity (Wildman–Crippen MR) is 191 cm³/mol. The van der Waals surface area contributed by atoms with Gasteiger partial charge in [-0.3, -0.25) is 14.5 Å². The van der Waals surface area contributed by atoms with Gasteiger partial charge >= 0.3 is 12.2 Å².